The maximum Gasteiger partial charge on any atom is 0.338 e. The summed E-state index contributed by atoms with van der Waals surface area (Å²) < 4.78 is 16.9. The molecule has 2 N–H and O–H groups in total. The third kappa shape index (κ3) is 5.57. The van der Waals surface area contributed by atoms with Crippen LogP contribution < -0.4 is 5.73 Å². The standard InChI is InChI=1S/C21H29NO5/c1-4-15(5-2)26-18-13-16(12-17(19(18)22)21(24)25-6-3)27-20(23)14-10-8-7-9-11-14/h7-11,15-16,18H,4-6,12-13,22H2,1-3H3. The maximum absolute atomic E-state index is 12.4. The van der Waals surface area contributed by atoms with Crippen LogP contribution in [-0.2, 0) is 19.0 Å². The van der Waals surface area contributed by atoms with Crippen LogP contribution in [0.15, 0.2) is 41.6 Å². The Morgan fingerprint density at radius 3 is 2.37 bits per heavy atom. The van der Waals surface area contributed by atoms with Gasteiger partial charge in [0.2, 0.25) is 0 Å². The lowest BCUT2D eigenvalue weighted by atomic mass is 9.91. The zero-order valence-electron chi connectivity index (χ0n) is 16.3. The van der Waals surface area contributed by atoms with E-state index in [0.717, 1.165) is 12.8 Å². The van der Waals surface area contributed by atoms with E-state index in [-0.39, 0.29) is 19.1 Å². The van der Waals surface area contributed by atoms with E-state index >= 15 is 0 Å². The quantitative estimate of drug-likeness (QED) is 0.701. The fourth-order valence-electron chi connectivity index (χ4n) is 3.13. The zero-order valence-corrected chi connectivity index (χ0v) is 16.3. The minimum absolute atomic E-state index is 0.0283. The molecule has 6 heteroatoms. The monoisotopic (exact) mass is 375 g/mol. The molecule has 1 aliphatic rings. The lowest BCUT2D eigenvalue weighted by Crippen LogP contribution is -2.39. The Bertz CT molecular complexity index is 666. The molecule has 0 aliphatic heterocycles. The highest BCUT2D eigenvalue weighted by Crippen LogP contribution is 2.30. The van der Waals surface area contributed by atoms with E-state index in [1.54, 1.807) is 31.2 Å². The number of esters is 2. The molecule has 0 fully saturated rings. The number of rotatable bonds is 8. The van der Waals surface area contributed by atoms with Crippen LogP contribution in [0.3, 0.4) is 0 Å². The Kier molecular flexibility index (Phi) is 7.85. The Balaban J connectivity index is 2.19. The first-order valence-corrected chi connectivity index (χ1v) is 9.57. The molecule has 0 radical (unpaired) electrons. The van der Waals surface area contributed by atoms with Crippen molar-refractivity contribution in [3.05, 3.63) is 47.2 Å². The van der Waals surface area contributed by atoms with Crippen molar-refractivity contribution in [2.45, 2.75) is 64.8 Å². The third-order valence-electron chi connectivity index (χ3n) is 4.68. The summed E-state index contributed by atoms with van der Waals surface area (Å²) in [6, 6.07) is 8.77. The highest BCUT2D eigenvalue weighted by molar-refractivity contribution is 5.91. The van der Waals surface area contributed by atoms with Crippen LogP contribution in [0.25, 0.3) is 0 Å². The summed E-state index contributed by atoms with van der Waals surface area (Å²) in [7, 11) is 0. The smallest absolute Gasteiger partial charge is 0.338 e. The van der Waals surface area contributed by atoms with E-state index in [1.165, 1.54) is 0 Å². The van der Waals surface area contributed by atoms with Crippen molar-refractivity contribution in [2.24, 2.45) is 5.73 Å². The first-order chi connectivity index (χ1) is 13.0. The lowest BCUT2D eigenvalue weighted by molar-refractivity contribution is -0.139. The maximum atomic E-state index is 12.4. The number of carbonyl (C=O) groups excluding carboxylic acids is 2. The van der Waals surface area contributed by atoms with E-state index in [1.807, 2.05) is 19.9 Å². The van der Waals surface area contributed by atoms with Crippen LogP contribution in [0.5, 0.6) is 0 Å². The molecule has 0 aromatic heterocycles. The van der Waals surface area contributed by atoms with Gasteiger partial charge in [-0.1, -0.05) is 32.0 Å². The van der Waals surface area contributed by atoms with Crippen LogP contribution in [0, 0.1) is 0 Å². The molecule has 0 heterocycles. The molecule has 6 nitrogen and oxygen atoms in total. The molecule has 27 heavy (non-hydrogen) atoms. The van der Waals surface area contributed by atoms with Gasteiger partial charge in [-0.2, -0.15) is 0 Å². The van der Waals surface area contributed by atoms with Gasteiger partial charge in [0.15, 0.2) is 0 Å². The average Bonchev–Trinajstić information content (AvgIpc) is 2.68. The molecule has 148 valence electrons. The Morgan fingerprint density at radius 2 is 1.78 bits per heavy atom. The number of ether oxygens (including phenoxy) is 3. The van der Waals surface area contributed by atoms with Crippen molar-refractivity contribution in [2.75, 3.05) is 6.61 Å². The lowest BCUT2D eigenvalue weighted by Gasteiger charge is -2.33. The van der Waals surface area contributed by atoms with Crippen LogP contribution in [0.4, 0.5) is 0 Å². The first-order valence-electron chi connectivity index (χ1n) is 9.57. The summed E-state index contributed by atoms with van der Waals surface area (Å²) in [4.78, 5) is 24.7. The summed E-state index contributed by atoms with van der Waals surface area (Å²) in [5.74, 6) is -0.904. The van der Waals surface area contributed by atoms with Crippen LogP contribution in [0.2, 0.25) is 0 Å². The summed E-state index contributed by atoms with van der Waals surface area (Å²) in [5, 5.41) is 0. The molecule has 0 saturated heterocycles. The number of benzene rings is 1. The molecule has 2 atom stereocenters. The van der Waals surface area contributed by atoms with E-state index in [9.17, 15) is 9.59 Å². The van der Waals surface area contributed by atoms with E-state index in [2.05, 4.69) is 0 Å². The molecular formula is C21H29NO5. The minimum Gasteiger partial charge on any atom is -0.463 e. The highest BCUT2D eigenvalue weighted by atomic mass is 16.6. The van der Waals surface area contributed by atoms with Gasteiger partial charge < -0.3 is 19.9 Å². The van der Waals surface area contributed by atoms with E-state index in [4.69, 9.17) is 19.9 Å². The number of hydrogen-bond acceptors (Lipinski definition) is 6. The highest BCUT2D eigenvalue weighted by Gasteiger charge is 2.35. The second-order valence-electron chi connectivity index (χ2n) is 6.55. The Morgan fingerprint density at radius 1 is 1.11 bits per heavy atom. The molecule has 0 bridgehead atoms. The van der Waals surface area contributed by atoms with Gasteiger partial charge in [0.1, 0.15) is 12.2 Å². The predicted molar refractivity (Wildman–Crippen MR) is 102 cm³/mol. The first kappa shape index (κ1) is 21.0. The summed E-state index contributed by atoms with van der Waals surface area (Å²) >= 11 is 0. The van der Waals surface area contributed by atoms with Crippen LogP contribution in [0.1, 0.15) is 56.8 Å². The summed E-state index contributed by atoms with van der Waals surface area (Å²) in [5.41, 5.74) is 7.42. The summed E-state index contributed by atoms with van der Waals surface area (Å²) in [6.45, 7) is 6.07. The molecule has 2 unspecified atom stereocenters. The third-order valence-corrected chi connectivity index (χ3v) is 4.68. The van der Waals surface area contributed by atoms with Crippen molar-refractivity contribution in [1.82, 2.24) is 0 Å². The van der Waals surface area contributed by atoms with E-state index in [0.29, 0.717) is 23.3 Å². The SMILES string of the molecule is CCOC(=O)C1=C(N)C(OC(CC)CC)CC(OC(=O)c2ccccc2)C1. The normalized spacial score (nSPS) is 19.9. The van der Waals surface area contributed by atoms with Crippen molar-refractivity contribution < 1.29 is 23.8 Å². The van der Waals surface area contributed by atoms with Crippen molar-refractivity contribution in [1.29, 1.82) is 0 Å². The molecule has 1 aliphatic carbocycles. The number of carbonyl (C=O) groups is 2. The van der Waals surface area contributed by atoms with Gasteiger partial charge in [-0.05, 0) is 31.9 Å². The zero-order chi connectivity index (χ0) is 19.8. The molecule has 2 rings (SSSR count). The van der Waals surface area contributed by atoms with Gasteiger partial charge in [0.05, 0.1) is 23.8 Å². The summed E-state index contributed by atoms with van der Waals surface area (Å²) in [6.07, 6.45) is 1.38. The molecule has 0 amide bonds. The van der Waals surface area contributed by atoms with Gasteiger partial charge in [-0.25, -0.2) is 9.59 Å². The molecule has 1 aromatic rings. The van der Waals surface area contributed by atoms with Crippen molar-refractivity contribution >= 4 is 11.9 Å². The van der Waals surface area contributed by atoms with Crippen molar-refractivity contribution in [3.8, 4) is 0 Å². The second kappa shape index (κ2) is 10.1. The topological polar surface area (TPSA) is 87.8 Å². The minimum atomic E-state index is -0.497. The molecule has 1 aromatic carbocycles. The van der Waals surface area contributed by atoms with Crippen LogP contribution in [-0.4, -0.2) is 36.9 Å². The van der Waals surface area contributed by atoms with Crippen LogP contribution >= 0.6 is 0 Å². The van der Waals surface area contributed by atoms with E-state index < -0.39 is 24.1 Å². The van der Waals surface area contributed by atoms with Gasteiger partial charge in [-0.3, -0.25) is 0 Å². The molecule has 0 spiro atoms. The predicted octanol–water partition coefficient (Wildman–Crippen LogP) is 3.36. The Labute approximate surface area is 160 Å². The number of nitrogens with two attached hydrogens (primary N) is 1. The van der Waals surface area contributed by atoms with Gasteiger partial charge >= 0.3 is 11.9 Å². The van der Waals surface area contributed by atoms with Gasteiger partial charge in [-0.15, -0.1) is 0 Å². The molecule has 0 saturated carbocycles. The molecular weight excluding hydrogens is 346 g/mol. The Hall–Kier alpha value is -2.34. The fourth-order valence-corrected chi connectivity index (χ4v) is 3.13. The largest absolute Gasteiger partial charge is 0.463 e. The fraction of sp³-hybridized carbons (Fsp3) is 0.524. The second-order valence-corrected chi connectivity index (χ2v) is 6.55. The number of hydrogen-bond donors (Lipinski definition) is 1. The van der Waals surface area contributed by atoms with Gasteiger partial charge in [0.25, 0.3) is 0 Å². The average molecular weight is 375 g/mol. The van der Waals surface area contributed by atoms with Crippen molar-refractivity contribution in [3.63, 3.8) is 0 Å². The van der Waals surface area contributed by atoms with Gasteiger partial charge in [0, 0.05) is 18.5 Å².